The Morgan fingerprint density at radius 1 is 1.29 bits per heavy atom. The van der Waals surface area contributed by atoms with Crippen molar-refractivity contribution in [3.8, 4) is 5.75 Å². The molecule has 1 N–H and O–H groups in total. The summed E-state index contributed by atoms with van der Waals surface area (Å²) < 4.78 is 5.43. The average molecular weight is 331 g/mol. The van der Waals surface area contributed by atoms with E-state index >= 15 is 0 Å². The van der Waals surface area contributed by atoms with Crippen LogP contribution < -0.4 is 10.1 Å². The van der Waals surface area contributed by atoms with Gasteiger partial charge in [0.2, 0.25) is 5.91 Å². The summed E-state index contributed by atoms with van der Waals surface area (Å²) in [5.41, 5.74) is 2.42. The zero-order valence-electron chi connectivity index (χ0n) is 14.9. The number of piperidine rings is 1. The van der Waals surface area contributed by atoms with E-state index in [1.807, 2.05) is 4.90 Å². The molecule has 5 heteroatoms. The van der Waals surface area contributed by atoms with Gasteiger partial charge in [0.05, 0.1) is 13.0 Å². The Kier molecular flexibility index (Phi) is 5.74. The molecule has 24 heavy (non-hydrogen) atoms. The molecular formula is C19H29N3O2. The van der Waals surface area contributed by atoms with Gasteiger partial charge in [0.15, 0.2) is 0 Å². The van der Waals surface area contributed by atoms with Crippen molar-refractivity contribution in [2.24, 2.45) is 5.92 Å². The van der Waals surface area contributed by atoms with Gasteiger partial charge in [0, 0.05) is 39.3 Å². The van der Waals surface area contributed by atoms with E-state index in [4.69, 9.17) is 4.74 Å². The fourth-order valence-corrected chi connectivity index (χ4v) is 3.77. The maximum atomic E-state index is 12.7. The third-order valence-corrected chi connectivity index (χ3v) is 5.16. The highest BCUT2D eigenvalue weighted by atomic mass is 16.5. The number of likely N-dealkylation sites (tertiary alicyclic amines) is 1. The Bertz CT molecular complexity index is 570. The topological polar surface area (TPSA) is 44.8 Å². The monoisotopic (exact) mass is 331 g/mol. The molecule has 0 aromatic heterocycles. The van der Waals surface area contributed by atoms with E-state index in [-0.39, 0.29) is 5.92 Å². The second-order valence-corrected chi connectivity index (χ2v) is 6.95. The lowest BCUT2D eigenvalue weighted by atomic mass is 9.95. The summed E-state index contributed by atoms with van der Waals surface area (Å²) in [5.74, 6) is 1.45. The van der Waals surface area contributed by atoms with Crippen molar-refractivity contribution >= 4 is 5.91 Å². The van der Waals surface area contributed by atoms with Gasteiger partial charge in [-0.25, -0.2) is 0 Å². The van der Waals surface area contributed by atoms with Gasteiger partial charge in [0.25, 0.3) is 0 Å². The molecule has 3 rings (SSSR count). The smallest absolute Gasteiger partial charge is 0.227 e. The number of nitrogens with zero attached hydrogens (tertiary/aromatic N) is 2. The molecule has 5 nitrogen and oxygen atoms in total. The summed E-state index contributed by atoms with van der Waals surface area (Å²) in [4.78, 5) is 17.2. The normalized spacial score (nSPS) is 22.4. The van der Waals surface area contributed by atoms with Crippen LogP contribution in [0.5, 0.6) is 5.75 Å². The summed E-state index contributed by atoms with van der Waals surface area (Å²) in [6.07, 6.45) is 2.13. The van der Waals surface area contributed by atoms with Crippen LogP contribution in [0, 0.1) is 12.8 Å². The molecule has 2 heterocycles. The first kappa shape index (κ1) is 17.2. The molecule has 1 atom stereocenters. The molecule has 1 amide bonds. The summed E-state index contributed by atoms with van der Waals surface area (Å²) in [7, 11) is 1.72. The molecule has 0 bridgehead atoms. The second kappa shape index (κ2) is 7.99. The zero-order valence-corrected chi connectivity index (χ0v) is 14.9. The molecule has 0 spiro atoms. The number of nitrogens with one attached hydrogen (secondary N) is 1. The van der Waals surface area contributed by atoms with Gasteiger partial charge in [-0.15, -0.1) is 0 Å². The standard InChI is InChI=1S/C19H29N3O2/c1-15-5-6-16(12-18(15)24-2)13-21-9-3-4-17(14-21)19(23)22-10-7-20-8-11-22/h5-6,12,17,20H,3-4,7-11,13-14H2,1-2H3. The second-order valence-electron chi connectivity index (χ2n) is 6.95. The first-order chi connectivity index (χ1) is 11.7. The van der Waals surface area contributed by atoms with E-state index in [1.54, 1.807) is 7.11 Å². The number of piperazine rings is 1. The summed E-state index contributed by atoms with van der Waals surface area (Å²) in [6.45, 7) is 8.44. The van der Waals surface area contributed by atoms with E-state index in [1.165, 1.54) is 5.56 Å². The summed E-state index contributed by atoms with van der Waals surface area (Å²) >= 11 is 0. The van der Waals surface area contributed by atoms with Crippen molar-refractivity contribution in [1.29, 1.82) is 0 Å². The molecule has 2 aliphatic rings. The number of rotatable bonds is 4. The molecule has 132 valence electrons. The van der Waals surface area contributed by atoms with Crippen LogP contribution in [0.25, 0.3) is 0 Å². The highest BCUT2D eigenvalue weighted by molar-refractivity contribution is 5.79. The van der Waals surface area contributed by atoms with Crippen molar-refractivity contribution in [3.63, 3.8) is 0 Å². The van der Waals surface area contributed by atoms with Gasteiger partial charge in [-0.3, -0.25) is 9.69 Å². The predicted octanol–water partition coefficient (Wildman–Crippen LogP) is 1.65. The predicted molar refractivity (Wildman–Crippen MR) is 95.2 cm³/mol. The minimum absolute atomic E-state index is 0.157. The zero-order chi connectivity index (χ0) is 16.9. The fourth-order valence-electron chi connectivity index (χ4n) is 3.77. The lowest BCUT2D eigenvalue weighted by Gasteiger charge is -2.36. The molecule has 2 aliphatic heterocycles. The van der Waals surface area contributed by atoms with Crippen LogP contribution >= 0.6 is 0 Å². The first-order valence-corrected chi connectivity index (χ1v) is 9.03. The summed E-state index contributed by atoms with van der Waals surface area (Å²) in [6, 6.07) is 6.40. The highest BCUT2D eigenvalue weighted by Crippen LogP contribution is 2.24. The number of ether oxygens (including phenoxy) is 1. The van der Waals surface area contributed by atoms with Crippen molar-refractivity contribution in [2.45, 2.75) is 26.3 Å². The number of hydrogen-bond donors (Lipinski definition) is 1. The van der Waals surface area contributed by atoms with Crippen molar-refractivity contribution < 1.29 is 9.53 Å². The van der Waals surface area contributed by atoms with Gasteiger partial charge in [-0.2, -0.15) is 0 Å². The number of aryl methyl sites for hydroxylation is 1. The van der Waals surface area contributed by atoms with Crippen LogP contribution in [-0.4, -0.2) is 62.1 Å². The van der Waals surface area contributed by atoms with E-state index < -0.39 is 0 Å². The molecule has 1 aromatic rings. The molecular weight excluding hydrogens is 302 g/mol. The molecule has 0 aliphatic carbocycles. The highest BCUT2D eigenvalue weighted by Gasteiger charge is 2.29. The molecule has 2 fully saturated rings. The minimum Gasteiger partial charge on any atom is -0.496 e. The van der Waals surface area contributed by atoms with Crippen LogP contribution in [0.1, 0.15) is 24.0 Å². The van der Waals surface area contributed by atoms with Crippen molar-refractivity contribution in [1.82, 2.24) is 15.1 Å². The number of methoxy groups -OCH3 is 1. The van der Waals surface area contributed by atoms with Gasteiger partial charge in [-0.1, -0.05) is 12.1 Å². The molecule has 0 saturated carbocycles. The maximum Gasteiger partial charge on any atom is 0.227 e. The lowest BCUT2D eigenvalue weighted by molar-refractivity contribution is -0.138. The largest absolute Gasteiger partial charge is 0.496 e. The van der Waals surface area contributed by atoms with Crippen molar-refractivity contribution in [3.05, 3.63) is 29.3 Å². The fraction of sp³-hybridized carbons (Fsp3) is 0.632. The molecule has 1 aromatic carbocycles. The lowest BCUT2D eigenvalue weighted by Crippen LogP contribution is -2.51. The molecule has 1 unspecified atom stereocenters. The third kappa shape index (κ3) is 4.08. The Morgan fingerprint density at radius 3 is 2.83 bits per heavy atom. The van der Waals surface area contributed by atoms with Gasteiger partial charge >= 0.3 is 0 Å². The molecule has 0 radical (unpaired) electrons. The molecule has 2 saturated heterocycles. The van der Waals surface area contributed by atoms with Crippen LogP contribution in [0.2, 0.25) is 0 Å². The number of hydrogen-bond acceptors (Lipinski definition) is 4. The Morgan fingerprint density at radius 2 is 2.08 bits per heavy atom. The van der Waals surface area contributed by atoms with Crippen LogP contribution in [0.4, 0.5) is 0 Å². The van der Waals surface area contributed by atoms with Crippen molar-refractivity contribution in [2.75, 3.05) is 46.4 Å². The number of carbonyl (C=O) groups is 1. The van der Waals surface area contributed by atoms with Crippen LogP contribution in [-0.2, 0) is 11.3 Å². The third-order valence-electron chi connectivity index (χ3n) is 5.16. The number of amides is 1. The van der Waals surface area contributed by atoms with Crippen LogP contribution in [0.3, 0.4) is 0 Å². The SMILES string of the molecule is COc1cc(CN2CCCC(C(=O)N3CCNCC3)C2)ccc1C. The Hall–Kier alpha value is -1.59. The first-order valence-electron chi connectivity index (χ1n) is 9.03. The van der Waals surface area contributed by atoms with E-state index in [9.17, 15) is 4.79 Å². The Labute approximate surface area is 145 Å². The number of benzene rings is 1. The maximum absolute atomic E-state index is 12.7. The number of carbonyl (C=O) groups excluding carboxylic acids is 1. The van der Waals surface area contributed by atoms with Gasteiger partial charge in [-0.05, 0) is 43.5 Å². The quantitative estimate of drug-likeness (QED) is 0.911. The van der Waals surface area contributed by atoms with Gasteiger partial charge in [0.1, 0.15) is 5.75 Å². The average Bonchev–Trinajstić information content (AvgIpc) is 2.63. The summed E-state index contributed by atoms with van der Waals surface area (Å²) in [5, 5.41) is 3.31. The Balaban J connectivity index is 1.60. The van der Waals surface area contributed by atoms with Crippen LogP contribution in [0.15, 0.2) is 18.2 Å². The van der Waals surface area contributed by atoms with E-state index in [0.717, 1.165) is 70.0 Å². The van der Waals surface area contributed by atoms with E-state index in [0.29, 0.717) is 5.91 Å². The van der Waals surface area contributed by atoms with Gasteiger partial charge < -0.3 is 15.0 Å². The minimum atomic E-state index is 0.157. The van der Waals surface area contributed by atoms with E-state index in [2.05, 4.69) is 35.3 Å².